The quantitative estimate of drug-likeness (QED) is 0.769. The molecule has 0 bridgehead atoms. The van der Waals surface area contributed by atoms with Crippen LogP contribution in [0.2, 0.25) is 0 Å². The Hall–Kier alpha value is -2.97. The van der Waals surface area contributed by atoms with Gasteiger partial charge >= 0.3 is 6.18 Å². The van der Waals surface area contributed by atoms with E-state index in [2.05, 4.69) is 4.98 Å². The normalized spacial score (nSPS) is 14.4. The fraction of sp³-hybridized carbons (Fsp3) is 0.333. The molecule has 0 unspecified atom stereocenters. The summed E-state index contributed by atoms with van der Waals surface area (Å²) in [7, 11) is 1.56. The predicted molar refractivity (Wildman–Crippen MR) is 88.7 cm³/mol. The SMILES string of the molecule is COc1ccc(OCC(=O)N2CC(Oc3ccc(C(F)(F)F)cn3)C2)cc1. The van der Waals surface area contributed by atoms with E-state index in [4.69, 9.17) is 14.2 Å². The number of methoxy groups -OCH3 is 1. The lowest BCUT2D eigenvalue weighted by Gasteiger charge is -2.38. The third-order valence-corrected chi connectivity index (χ3v) is 3.97. The molecule has 0 radical (unpaired) electrons. The Kier molecular flexibility index (Phi) is 5.38. The number of aromatic nitrogens is 1. The molecule has 2 heterocycles. The van der Waals surface area contributed by atoms with Crippen LogP contribution >= 0.6 is 0 Å². The summed E-state index contributed by atoms with van der Waals surface area (Å²) in [5.74, 6) is 1.13. The summed E-state index contributed by atoms with van der Waals surface area (Å²) in [6, 6.07) is 8.93. The number of nitrogens with zero attached hydrogens (tertiary/aromatic N) is 2. The first kappa shape index (κ1) is 18.8. The maximum absolute atomic E-state index is 12.5. The molecule has 0 saturated carbocycles. The average molecular weight is 382 g/mol. The topological polar surface area (TPSA) is 60.9 Å². The first-order valence-corrected chi connectivity index (χ1v) is 8.09. The van der Waals surface area contributed by atoms with Crippen molar-refractivity contribution in [3.05, 3.63) is 48.2 Å². The summed E-state index contributed by atoms with van der Waals surface area (Å²) >= 11 is 0. The molecule has 0 aliphatic carbocycles. The standard InChI is InChI=1S/C18H17F3N2O4/c1-25-13-3-5-14(6-4-13)26-11-17(24)23-9-15(10-23)27-16-7-2-12(8-22-16)18(19,20)21/h2-8,15H,9-11H2,1H3. The minimum absolute atomic E-state index is 0.0922. The number of alkyl halides is 3. The van der Waals surface area contributed by atoms with Crippen LogP contribution in [0.1, 0.15) is 5.56 Å². The van der Waals surface area contributed by atoms with E-state index in [-0.39, 0.29) is 24.5 Å². The first-order chi connectivity index (χ1) is 12.8. The number of likely N-dealkylation sites (tertiary alicyclic amines) is 1. The minimum atomic E-state index is -4.44. The zero-order chi connectivity index (χ0) is 19.4. The molecule has 1 aromatic carbocycles. The summed E-state index contributed by atoms with van der Waals surface area (Å²) in [5, 5.41) is 0. The summed E-state index contributed by atoms with van der Waals surface area (Å²) in [6.45, 7) is 0.540. The largest absolute Gasteiger partial charge is 0.497 e. The predicted octanol–water partition coefficient (Wildman–Crippen LogP) is 2.78. The maximum Gasteiger partial charge on any atom is 0.417 e. The van der Waals surface area contributed by atoms with E-state index < -0.39 is 11.7 Å². The van der Waals surface area contributed by atoms with E-state index in [1.807, 2.05) is 0 Å². The van der Waals surface area contributed by atoms with E-state index in [1.54, 1.807) is 31.4 Å². The zero-order valence-electron chi connectivity index (χ0n) is 14.4. The number of amides is 1. The van der Waals surface area contributed by atoms with Gasteiger partial charge in [0.1, 0.15) is 17.6 Å². The number of pyridine rings is 1. The van der Waals surface area contributed by atoms with Gasteiger partial charge in [0.15, 0.2) is 6.61 Å². The summed E-state index contributed by atoms with van der Waals surface area (Å²) in [5.41, 5.74) is -0.837. The van der Waals surface area contributed by atoms with Crippen LogP contribution in [0.15, 0.2) is 42.6 Å². The third-order valence-electron chi connectivity index (χ3n) is 3.97. The Bertz CT molecular complexity index is 773. The van der Waals surface area contributed by atoms with Crippen LogP contribution in [0.5, 0.6) is 17.4 Å². The second-order valence-corrected chi connectivity index (χ2v) is 5.89. The minimum Gasteiger partial charge on any atom is -0.497 e. The lowest BCUT2D eigenvalue weighted by atomic mass is 10.1. The van der Waals surface area contributed by atoms with Gasteiger partial charge in [0.2, 0.25) is 5.88 Å². The molecule has 1 amide bonds. The highest BCUT2D eigenvalue weighted by Crippen LogP contribution is 2.29. The van der Waals surface area contributed by atoms with Crippen LogP contribution in [0, 0.1) is 0 Å². The molecule has 144 valence electrons. The van der Waals surface area contributed by atoms with Gasteiger partial charge in [-0.1, -0.05) is 0 Å². The second-order valence-electron chi connectivity index (χ2n) is 5.89. The summed E-state index contributed by atoms with van der Waals surface area (Å²) in [6.07, 6.45) is -4.02. The first-order valence-electron chi connectivity index (χ1n) is 8.09. The maximum atomic E-state index is 12.5. The lowest BCUT2D eigenvalue weighted by Crippen LogP contribution is -2.57. The van der Waals surface area contributed by atoms with Crippen LogP contribution < -0.4 is 14.2 Å². The lowest BCUT2D eigenvalue weighted by molar-refractivity contribution is -0.142. The van der Waals surface area contributed by atoms with Gasteiger partial charge in [0.05, 0.1) is 25.8 Å². The Balaban J connectivity index is 1.41. The van der Waals surface area contributed by atoms with Gasteiger partial charge in [0.25, 0.3) is 5.91 Å². The van der Waals surface area contributed by atoms with Crippen molar-refractivity contribution < 1.29 is 32.2 Å². The van der Waals surface area contributed by atoms with Gasteiger partial charge in [-0.3, -0.25) is 4.79 Å². The Morgan fingerprint density at radius 3 is 2.37 bits per heavy atom. The van der Waals surface area contributed by atoms with Crippen molar-refractivity contribution in [2.24, 2.45) is 0 Å². The molecule has 9 heteroatoms. The molecule has 1 fully saturated rings. The van der Waals surface area contributed by atoms with Crippen molar-refractivity contribution in [2.75, 3.05) is 26.8 Å². The highest BCUT2D eigenvalue weighted by Gasteiger charge is 2.34. The zero-order valence-corrected chi connectivity index (χ0v) is 14.4. The Labute approximate surface area is 153 Å². The number of benzene rings is 1. The molecule has 2 aromatic rings. The van der Waals surface area contributed by atoms with Crippen molar-refractivity contribution in [1.29, 1.82) is 0 Å². The second kappa shape index (κ2) is 7.73. The molecule has 1 aliphatic heterocycles. The van der Waals surface area contributed by atoms with Gasteiger partial charge < -0.3 is 19.1 Å². The molecule has 27 heavy (non-hydrogen) atoms. The monoisotopic (exact) mass is 382 g/mol. The van der Waals surface area contributed by atoms with Crippen molar-refractivity contribution in [3.8, 4) is 17.4 Å². The fourth-order valence-electron chi connectivity index (χ4n) is 2.41. The van der Waals surface area contributed by atoms with Gasteiger partial charge in [-0.25, -0.2) is 4.98 Å². The Morgan fingerprint density at radius 1 is 1.15 bits per heavy atom. The van der Waals surface area contributed by atoms with E-state index in [0.29, 0.717) is 24.6 Å². The number of ether oxygens (including phenoxy) is 3. The van der Waals surface area contributed by atoms with Crippen molar-refractivity contribution in [1.82, 2.24) is 9.88 Å². The molecule has 1 aliphatic rings. The molecule has 3 rings (SSSR count). The molecular weight excluding hydrogens is 365 g/mol. The smallest absolute Gasteiger partial charge is 0.417 e. The number of rotatable bonds is 6. The molecule has 1 aromatic heterocycles. The van der Waals surface area contributed by atoms with Crippen molar-refractivity contribution in [3.63, 3.8) is 0 Å². The third kappa shape index (κ3) is 4.81. The average Bonchev–Trinajstić information content (AvgIpc) is 2.62. The van der Waals surface area contributed by atoms with Gasteiger partial charge in [0, 0.05) is 12.3 Å². The number of hydrogen-bond acceptors (Lipinski definition) is 5. The summed E-state index contributed by atoms with van der Waals surface area (Å²) < 4.78 is 53.4. The van der Waals surface area contributed by atoms with E-state index in [1.165, 1.54) is 11.0 Å². The van der Waals surface area contributed by atoms with Crippen LogP contribution in [0.25, 0.3) is 0 Å². The van der Waals surface area contributed by atoms with Crippen molar-refractivity contribution >= 4 is 5.91 Å². The molecule has 6 nitrogen and oxygen atoms in total. The van der Waals surface area contributed by atoms with Gasteiger partial charge in [-0.05, 0) is 30.3 Å². The van der Waals surface area contributed by atoms with E-state index in [9.17, 15) is 18.0 Å². The van der Waals surface area contributed by atoms with Crippen LogP contribution in [0.4, 0.5) is 13.2 Å². The highest BCUT2D eigenvalue weighted by atomic mass is 19.4. The van der Waals surface area contributed by atoms with E-state index >= 15 is 0 Å². The van der Waals surface area contributed by atoms with Crippen LogP contribution in [-0.4, -0.2) is 48.7 Å². The summed E-state index contributed by atoms with van der Waals surface area (Å²) in [4.78, 5) is 17.2. The molecule has 0 spiro atoms. The highest BCUT2D eigenvalue weighted by molar-refractivity contribution is 5.78. The molecular formula is C18H17F3N2O4. The fourth-order valence-corrected chi connectivity index (χ4v) is 2.41. The number of halogens is 3. The molecule has 1 saturated heterocycles. The van der Waals surface area contributed by atoms with Crippen LogP contribution in [0.3, 0.4) is 0 Å². The Morgan fingerprint density at radius 2 is 1.81 bits per heavy atom. The van der Waals surface area contributed by atoms with E-state index in [0.717, 1.165) is 12.3 Å². The van der Waals surface area contributed by atoms with Crippen molar-refractivity contribution in [2.45, 2.75) is 12.3 Å². The number of carbonyl (C=O) groups excluding carboxylic acids is 1. The van der Waals surface area contributed by atoms with Gasteiger partial charge in [-0.15, -0.1) is 0 Å². The number of hydrogen-bond donors (Lipinski definition) is 0. The number of carbonyl (C=O) groups is 1. The molecule has 0 N–H and O–H groups in total. The molecule has 0 atom stereocenters. The van der Waals surface area contributed by atoms with Gasteiger partial charge in [-0.2, -0.15) is 13.2 Å². The van der Waals surface area contributed by atoms with Crippen LogP contribution in [-0.2, 0) is 11.0 Å².